The molecule has 0 aliphatic rings. The van der Waals surface area contributed by atoms with Gasteiger partial charge in [0, 0.05) is 0 Å². The standard InChI is InChI=1S/C2H8NO3P/c1-2(3)6-7(4)5/h2,4-5H,3H2,1H3. The molecule has 4 nitrogen and oxygen atoms in total. The van der Waals surface area contributed by atoms with Gasteiger partial charge in [0.15, 0.2) is 0 Å². The highest BCUT2D eigenvalue weighted by Gasteiger charge is 2.00. The van der Waals surface area contributed by atoms with Gasteiger partial charge in [-0.1, -0.05) is 0 Å². The lowest BCUT2D eigenvalue weighted by atomic mass is 10.7. The molecule has 0 rings (SSSR count). The lowest BCUT2D eigenvalue weighted by molar-refractivity contribution is 0.192. The van der Waals surface area contributed by atoms with Gasteiger partial charge in [0.2, 0.25) is 0 Å². The van der Waals surface area contributed by atoms with Gasteiger partial charge in [-0.25, -0.2) is 0 Å². The Morgan fingerprint density at radius 1 is 1.71 bits per heavy atom. The predicted octanol–water partition coefficient (Wildman–Crippen LogP) is -0.481. The minimum absolute atomic E-state index is 0.596. The SMILES string of the molecule is CC(N)OP(O)O. The van der Waals surface area contributed by atoms with Gasteiger partial charge in [-0.2, -0.15) is 0 Å². The van der Waals surface area contributed by atoms with E-state index in [4.69, 9.17) is 15.5 Å². The first-order valence-corrected chi connectivity index (χ1v) is 2.89. The van der Waals surface area contributed by atoms with Crippen molar-refractivity contribution >= 4 is 8.60 Å². The smallest absolute Gasteiger partial charge is 0.328 e. The monoisotopic (exact) mass is 125 g/mol. The quantitative estimate of drug-likeness (QED) is 0.344. The third-order valence-corrected chi connectivity index (χ3v) is 0.782. The molecule has 0 aromatic rings. The molecule has 0 aliphatic carbocycles. The number of hydrogen-bond donors (Lipinski definition) is 3. The second kappa shape index (κ2) is 3.29. The molecule has 0 amide bonds. The van der Waals surface area contributed by atoms with E-state index in [2.05, 4.69) is 4.52 Å². The maximum Gasteiger partial charge on any atom is 0.328 e. The van der Waals surface area contributed by atoms with Gasteiger partial charge in [0.25, 0.3) is 0 Å². The van der Waals surface area contributed by atoms with Crippen molar-refractivity contribution in [2.45, 2.75) is 13.2 Å². The molecule has 4 N–H and O–H groups in total. The fourth-order valence-corrected chi connectivity index (χ4v) is 0.446. The van der Waals surface area contributed by atoms with Crippen LogP contribution in [-0.4, -0.2) is 16.0 Å². The van der Waals surface area contributed by atoms with Crippen LogP contribution in [0.3, 0.4) is 0 Å². The van der Waals surface area contributed by atoms with Crippen molar-refractivity contribution in [3.63, 3.8) is 0 Å². The molecular weight excluding hydrogens is 117 g/mol. The van der Waals surface area contributed by atoms with Crippen molar-refractivity contribution in [2.75, 3.05) is 0 Å². The molecule has 0 saturated heterocycles. The topological polar surface area (TPSA) is 75.7 Å². The Bertz CT molecular complexity index is 42.2. The molecule has 0 aromatic heterocycles. The first-order valence-electron chi connectivity index (χ1n) is 1.73. The molecule has 5 heteroatoms. The summed E-state index contributed by atoms with van der Waals surface area (Å²) < 4.78 is 4.20. The van der Waals surface area contributed by atoms with Crippen LogP contribution in [0.4, 0.5) is 0 Å². The predicted molar refractivity (Wildman–Crippen MR) is 26.1 cm³/mol. The van der Waals surface area contributed by atoms with Crippen molar-refractivity contribution < 1.29 is 14.3 Å². The van der Waals surface area contributed by atoms with Crippen molar-refractivity contribution in [3.05, 3.63) is 0 Å². The molecule has 0 bridgehead atoms. The number of hydrogen-bond acceptors (Lipinski definition) is 4. The van der Waals surface area contributed by atoms with Gasteiger partial charge >= 0.3 is 8.60 Å². The van der Waals surface area contributed by atoms with E-state index < -0.39 is 14.8 Å². The van der Waals surface area contributed by atoms with E-state index in [-0.39, 0.29) is 0 Å². The molecule has 0 spiro atoms. The highest BCUT2D eigenvalue weighted by molar-refractivity contribution is 7.39. The Morgan fingerprint density at radius 3 is 2.14 bits per heavy atom. The van der Waals surface area contributed by atoms with E-state index in [9.17, 15) is 0 Å². The zero-order valence-corrected chi connectivity index (χ0v) is 4.80. The molecule has 0 saturated carbocycles. The van der Waals surface area contributed by atoms with Gasteiger partial charge in [-0.05, 0) is 6.92 Å². The fourth-order valence-electron chi connectivity index (χ4n) is 0.149. The molecule has 0 aromatic carbocycles. The second-order valence-electron chi connectivity index (χ2n) is 1.06. The average Bonchev–Trinajstić information content (AvgIpc) is 1.27. The first-order chi connectivity index (χ1) is 3.13. The third kappa shape index (κ3) is 6.27. The van der Waals surface area contributed by atoms with Crippen molar-refractivity contribution in [1.82, 2.24) is 0 Å². The molecule has 0 fully saturated rings. The zero-order valence-electron chi connectivity index (χ0n) is 3.90. The van der Waals surface area contributed by atoms with Gasteiger partial charge in [-0.15, -0.1) is 0 Å². The molecular formula is C2H8NO3P. The summed E-state index contributed by atoms with van der Waals surface area (Å²) in [5, 5.41) is 0. The number of nitrogens with two attached hydrogens (primary N) is 1. The summed E-state index contributed by atoms with van der Waals surface area (Å²) in [5.74, 6) is 0. The summed E-state index contributed by atoms with van der Waals surface area (Å²) in [6.07, 6.45) is -0.596. The van der Waals surface area contributed by atoms with Crippen LogP contribution >= 0.6 is 8.60 Å². The Morgan fingerprint density at radius 2 is 2.14 bits per heavy atom. The Balaban J connectivity index is 2.95. The molecule has 1 atom stereocenters. The minimum Gasteiger partial charge on any atom is -0.328 e. The lowest BCUT2D eigenvalue weighted by Gasteiger charge is -2.04. The summed E-state index contributed by atoms with van der Waals surface area (Å²) in [4.78, 5) is 16.1. The summed E-state index contributed by atoms with van der Waals surface area (Å²) in [6, 6.07) is 0. The Kier molecular flexibility index (Phi) is 3.42. The summed E-state index contributed by atoms with van der Waals surface area (Å²) in [6.45, 7) is 1.52. The molecule has 0 heterocycles. The van der Waals surface area contributed by atoms with Crippen molar-refractivity contribution in [2.24, 2.45) is 5.73 Å². The summed E-state index contributed by atoms with van der Waals surface area (Å²) in [5.41, 5.74) is 4.97. The van der Waals surface area contributed by atoms with E-state index in [0.29, 0.717) is 0 Å². The average molecular weight is 125 g/mol. The van der Waals surface area contributed by atoms with Crippen LogP contribution in [0, 0.1) is 0 Å². The van der Waals surface area contributed by atoms with Crippen molar-refractivity contribution in [1.29, 1.82) is 0 Å². The van der Waals surface area contributed by atoms with Crippen molar-refractivity contribution in [3.8, 4) is 0 Å². The molecule has 44 valence electrons. The van der Waals surface area contributed by atoms with Crippen LogP contribution in [0.2, 0.25) is 0 Å². The maximum absolute atomic E-state index is 8.04. The Hall–Kier alpha value is 0.270. The highest BCUT2D eigenvalue weighted by atomic mass is 31.2. The Labute approximate surface area is 42.9 Å². The molecule has 0 aliphatic heterocycles. The fraction of sp³-hybridized carbons (Fsp3) is 1.00. The largest absolute Gasteiger partial charge is 0.328 e. The first kappa shape index (κ1) is 7.27. The highest BCUT2D eigenvalue weighted by Crippen LogP contribution is 2.24. The van der Waals surface area contributed by atoms with Crippen LogP contribution < -0.4 is 5.73 Å². The van der Waals surface area contributed by atoms with E-state index in [1.807, 2.05) is 0 Å². The second-order valence-corrected chi connectivity index (χ2v) is 1.78. The van der Waals surface area contributed by atoms with Crippen LogP contribution in [0.15, 0.2) is 0 Å². The van der Waals surface area contributed by atoms with E-state index >= 15 is 0 Å². The van der Waals surface area contributed by atoms with Gasteiger partial charge < -0.3 is 15.5 Å². The van der Waals surface area contributed by atoms with Gasteiger partial charge in [0.1, 0.15) is 6.23 Å². The van der Waals surface area contributed by atoms with Crippen LogP contribution in [0.5, 0.6) is 0 Å². The lowest BCUT2D eigenvalue weighted by Crippen LogP contribution is -2.15. The normalized spacial score (nSPS) is 15.0. The summed E-state index contributed by atoms with van der Waals surface area (Å²) >= 11 is 0. The van der Waals surface area contributed by atoms with Crippen LogP contribution in [0.25, 0.3) is 0 Å². The van der Waals surface area contributed by atoms with Crippen LogP contribution in [0.1, 0.15) is 6.92 Å². The van der Waals surface area contributed by atoms with Gasteiger partial charge in [0.05, 0.1) is 0 Å². The minimum atomic E-state index is -2.26. The van der Waals surface area contributed by atoms with Crippen LogP contribution in [-0.2, 0) is 4.52 Å². The third-order valence-electron chi connectivity index (χ3n) is 0.261. The number of rotatable bonds is 2. The summed E-state index contributed by atoms with van der Waals surface area (Å²) in [7, 11) is -2.26. The van der Waals surface area contributed by atoms with E-state index in [0.717, 1.165) is 0 Å². The molecule has 7 heavy (non-hydrogen) atoms. The zero-order chi connectivity index (χ0) is 5.86. The van der Waals surface area contributed by atoms with E-state index in [1.54, 1.807) is 0 Å². The van der Waals surface area contributed by atoms with E-state index in [1.165, 1.54) is 6.92 Å². The molecule has 1 unspecified atom stereocenters. The molecule has 0 radical (unpaired) electrons. The maximum atomic E-state index is 8.04. The van der Waals surface area contributed by atoms with Gasteiger partial charge in [-0.3, -0.25) is 4.52 Å².